The van der Waals surface area contributed by atoms with Crippen LogP contribution in [0.3, 0.4) is 0 Å². The van der Waals surface area contributed by atoms with Gasteiger partial charge in [0.25, 0.3) is 5.91 Å². The molecule has 1 amide bonds. The minimum absolute atomic E-state index is 0.0675. The lowest BCUT2D eigenvalue weighted by molar-refractivity contribution is -0.117. The molecule has 1 aliphatic carbocycles. The van der Waals surface area contributed by atoms with E-state index in [0.29, 0.717) is 55.1 Å². The van der Waals surface area contributed by atoms with E-state index in [1.165, 1.54) is 31.7 Å². The summed E-state index contributed by atoms with van der Waals surface area (Å²) in [4.78, 5) is 32.2. The second-order valence-corrected chi connectivity index (χ2v) is 12.6. The van der Waals surface area contributed by atoms with E-state index in [0.717, 1.165) is 55.6 Å². The third-order valence-electron chi connectivity index (χ3n) is 9.75. The molecular weight excluding hydrogens is 555 g/mol. The van der Waals surface area contributed by atoms with Crippen molar-refractivity contribution in [1.29, 1.82) is 0 Å². The molecule has 4 aliphatic rings. The van der Waals surface area contributed by atoms with Gasteiger partial charge in [-0.15, -0.1) is 0 Å². The molecule has 3 heterocycles. The van der Waals surface area contributed by atoms with Crippen LogP contribution in [0.2, 0.25) is 0 Å². The molecule has 3 aliphatic heterocycles. The Hall–Kier alpha value is -3.75. The van der Waals surface area contributed by atoms with E-state index in [9.17, 15) is 9.59 Å². The zero-order valence-corrected chi connectivity index (χ0v) is 25.3. The number of likely N-dealkylation sites (tertiary alicyclic amines) is 2. The highest BCUT2D eigenvalue weighted by Gasteiger charge is 2.36. The van der Waals surface area contributed by atoms with Crippen LogP contribution in [0.4, 0.5) is 10.1 Å². The minimum atomic E-state index is -0.537. The zero-order valence-electron chi connectivity index (χ0n) is 25.3. The maximum absolute atomic E-state index is 16.2. The number of carbonyl (C=O) groups excluding carboxylic acids is 2. The lowest BCUT2D eigenvalue weighted by Gasteiger charge is -2.25. The van der Waals surface area contributed by atoms with Crippen molar-refractivity contribution in [3.63, 3.8) is 0 Å². The number of Topliss-reactive ketones (excluding diaryl/α,β-unsaturated/α-hetero) is 1. The van der Waals surface area contributed by atoms with Crippen molar-refractivity contribution in [2.75, 3.05) is 57.7 Å². The van der Waals surface area contributed by atoms with E-state index in [2.05, 4.69) is 32.6 Å². The maximum atomic E-state index is 16.2. The highest BCUT2D eigenvalue weighted by atomic mass is 19.1. The first kappa shape index (κ1) is 29.0. The predicted molar refractivity (Wildman–Crippen MR) is 171 cm³/mol. The Morgan fingerprint density at radius 1 is 0.932 bits per heavy atom. The van der Waals surface area contributed by atoms with Gasteiger partial charge in [-0.2, -0.15) is 0 Å². The average Bonchev–Trinajstić information content (AvgIpc) is 3.72. The molecule has 2 N–H and O–H groups in total. The number of fused-ring (bicyclic) bond motifs is 3. The Labute approximate surface area is 258 Å². The van der Waals surface area contributed by atoms with Crippen LogP contribution in [0.5, 0.6) is 11.5 Å². The van der Waals surface area contributed by atoms with Gasteiger partial charge in [-0.05, 0) is 94.1 Å². The molecule has 7 rings (SSSR count). The van der Waals surface area contributed by atoms with Gasteiger partial charge in [0.05, 0.1) is 5.57 Å². The van der Waals surface area contributed by atoms with E-state index in [-0.39, 0.29) is 17.1 Å². The summed E-state index contributed by atoms with van der Waals surface area (Å²) >= 11 is 0. The summed E-state index contributed by atoms with van der Waals surface area (Å²) in [5.41, 5.74) is 2.36. The Bertz CT molecular complexity index is 1610. The van der Waals surface area contributed by atoms with Crippen molar-refractivity contribution >= 4 is 28.2 Å². The van der Waals surface area contributed by atoms with Crippen LogP contribution in [-0.2, 0) is 11.2 Å². The molecule has 230 valence electrons. The number of rotatable bonds is 8. The van der Waals surface area contributed by atoms with E-state index in [1.807, 2.05) is 24.3 Å². The summed E-state index contributed by atoms with van der Waals surface area (Å²) in [5, 5.41) is 8.32. The molecule has 0 aromatic heterocycles. The van der Waals surface area contributed by atoms with Gasteiger partial charge in [-0.25, -0.2) is 4.39 Å². The highest BCUT2D eigenvalue weighted by Crippen LogP contribution is 2.50. The van der Waals surface area contributed by atoms with Crippen molar-refractivity contribution in [3.05, 3.63) is 76.6 Å². The summed E-state index contributed by atoms with van der Waals surface area (Å²) in [6.45, 7) is 6.81. The van der Waals surface area contributed by atoms with Gasteiger partial charge in [-0.1, -0.05) is 42.5 Å². The number of halogens is 1. The fourth-order valence-electron chi connectivity index (χ4n) is 7.43. The van der Waals surface area contributed by atoms with Gasteiger partial charge in [0, 0.05) is 42.7 Å². The number of nitrogens with zero attached hydrogens (tertiary/aromatic N) is 2. The third-order valence-corrected chi connectivity index (χ3v) is 9.75. The molecule has 1 atom stereocenters. The van der Waals surface area contributed by atoms with E-state index < -0.39 is 17.5 Å². The molecule has 0 unspecified atom stereocenters. The number of amides is 1. The second-order valence-electron chi connectivity index (χ2n) is 12.6. The smallest absolute Gasteiger partial charge is 0.254 e. The molecule has 0 saturated carbocycles. The van der Waals surface area contributed by atoms with Crippen molar-refractivity contribution in [2.45, 2.75) is 50.9 Å². The SMILES string of the molecule is O=C(NCCN1CCCC1)/C1=C/CC[C@H]2Cc3ccc4ccccc4c3Oc3c(NCCN4CCCC4)c(F)cc(c32)C1=O. The Balaban J connectivity index is 1.25. The quantitative estimate of drug-likeness (QED) is 0.309. The molecule has 3 aromatic rings. The van der Waals surface area contributed by atoms with Gasteiger partial charge in [-0.3, -0.25) is 9.59 Å². The number of carbonyl (C=O) groups is 2. The zero-order chi connectivity index (χ0) is 30.0. The van der Waals surface area contributed by atoms with Crippen LogP contribution < -0.4 is 15.4 Å². The number of allylic oxidation sites excluding steroid dienone is 1. The Kier molecular flexibility index (Phi) is 8.37. The largest absolute Gasteiger partial charge is 0.454 e. The summed E-state index contributed by atoms with van der Waals surface area (Å²) in [6.07, 6.45) is 8.45. The van der Waals surface area contributed by atoms with E-state index in [4.69, 9.17) is 4.74 Å². The van der Waals surface area contributed by atoms with Crippen molar-refractivity contribution in [3.8, 4) is 11.5 Å². The number of nitrogens with one attached hydrogen (secondary N) is 2. The minimum Gasteiger partial charge on any atom is -0.454 e. The van der Waals surface area contributed by atoms with E-state index >= 15 is 4.39 Å². The fourth-order valence-corrected chi connectivity index (χ4v) is 7.43. The molecule has 7 nitrogen and oxygen atoms in total. The first-order valence-electron chi connectivity index (χ1n) is 16.3. The van der Waals surface area contributed by atoms with Crippen LogP contribution >= 0.6 is 0 Å². The highest BCUT2D eigenvalue weighted by molar-refractivity contribution is 6.26. The van der Waals surface area contributed by atoms with Gasteiger partial charge in [0.2, 0.25) is 0 Å². The Morgan fingerprint density at radius 2 is 1.66 bits per heavy atom. The van der Waals surface area contributed by atoms with Gasteiger partial charge in [0.15, 0.2) is 17.3 Å². The number of anilines is 1. The maximum Gasteiger partial charge on any atom is 0.254 e. The van der Waals surface area contributed by atoms with E-state index in [1.54, 1.807) is 6.08 Å². The number of ether oxygens (including phenoxy) is 1. The molecule has 0 radical (unpaired) electrons. The normalized spacial score (nSPS) is 21.4. The average molecular weight is 597 g/mol. The van der Waals surface area contributed by atoms with Crippen LogP contribution in [-0.4, -0.2) is 73.8 Å². The molecule has 0 spiro atoms. The number of benzene rings is 3. The molecule has 44 heavy (non-hydrogen) atoms. The number of hydrogen-bond donors (Lipinski definition) is 2. The molecule has 8 heteroatoms. The first-order valence-corrected chi connectivity index (χ1v) is 16.3. The van der Waals surface area contributed by atoms with Crippen molar-refractivity contribution in [2.24, 2.45) is 0 Å². The van der Waals surface area contributed by atoms with Gasteiger partial charge >= 0.3 is 0 Å². The summed E-state index contributed by atoms with van der Waals surface area (Å²) < 4.78 is 22.9. The van der Waals surface area contributed by atoms with Gasteiger partial charge < -0.3 is 25.2 Å². The van der Waals surface area contributed by atoms with Crippen LogP contribution in [0.25, 0.3) is 10.8 Å². The summed E-state index contributed by atoms with van der Waals surface area (Å²) in [5.74, 6) is -0.339. The summed E-state index contributed by atoms with van der Waals surface area (Å²) in [7, 11) is 0. The summed E-state index contributed by atoms with van der Waals surface area (Å²) in [6, 6.07) is 13.6. The third kappa shape index (κ3) is 5.73. The molecule has 2 fully saturated rings. The monoisotopic (exact) mass is 596 g/mol. The van der Waals surface area contributed by atoms with Crippen molar-refractivity contribution in [1.82, 2.24) is 15.1 Å². The topological polar surface area (TPSA) is 73.9 Å². The molecular formula is C36H41FN4O3. The number of ketones is 1. The standard InChI is InChI=1S/C36H41FN4O3/c37-30-23-29-31-25(9-7-11-28(33(29)42)36(43)39-15-21-41-18-5-6-19-41)22-26-13-12-24-8-1-2-10-27(24)34(26)44-35(31)32(30)38-14-20-40-16-3-4-17-40/h1-2,8,10-13,23,25,38H,3-7,9,14-22H2,(H,39,43)/b28-11+/t25-/m0/s1. The Morgan fingerprint density at radius 3 is 2.43 bits per heavy atom. The van der Waals surface area contributed by atoms with Crippen LogP contribution in [0.15, 0.2) is 54.1 Å². The van der Waals surface area contributed by atoms with Crippen LogP contribution in [0.1, 0.15) is 65.9 Å². The van der Waals surface area contributed by atoms with Gasteiger partial charge in [0.1, 0.15) is 11.4 Å². The van der Waals surface area contributed by atoms with Crippen LogP contribution in [0, 0.1) is 5.82 Å². The number of hydrogen-bond acceptors (Lipinski definition) is 6. The van der Waals surface area contributed by atoms with Crippen molar-refractivity contribution < 1.29 is 18.7 Å². The second kappa shape index (κ2) is 12.7. The molecule has 2 saturated heterocycles. The lowest BCUT2D eigenvalue weighted by atomic mass is 9.80. The predicted octanol–water partition coefficient (Wildman–Crippen LogP) is 6.03. The fraction of sp³-hybridized carbons (Fsp3) is 0.444. The lowest BCUT2D eigenvalue weighted by Crippen LogP contribution is -2.36. The molecule has 3 aromatic carbocycles. The molecule has 0 bridgehead atoms. The first-order chi connectivity index (χ1) is 21.6.